The molecule has 0 amide bonds. The molecule has 146 valence electrons. The second kappa shape index (κ2) is 10.9. The number of aromatic nitrogens is 2. The van der Waals surface area contributed by atoms with Crippen LogP contribution < -0.4 is 10.6 Å². The van der Waals surface area contributed by atoms with E-state index in [4.69, 9.17) is 4.42 Å². The minimum Gasteiger partial charge on any atom is -0.443 e. The van der Waals surface area contributed by atoms with E-state index in [2.05, 4.69) is 60.2 Å². The number of oxazole rings is 1. The average molecular weight is 491 g/mol. The monoisotopic (exact) mass is 491 g/mol. The van der Waals surface area contributed by atoms with Gasteiger partial charge in [0.15, 0.2) is 5.96 Å². The summed E-state index contributed by atoms with van der Waals surface area (Å²) < 4.78 is 5.78. The summed E-state index contributed by atoms with van der Waals surface area (Å²) in [6.45, 7) is 12.5. The van der Waals surface area contributed by atoms with Crippen LogP contribution in [0, 0.1) is 0 Å². The average Bonchev–Trinajstić information content (AvgIpc) is 3.21. The van der Waals surface area contributed by atoms with E-state index in [9.17, 15) is 0 Å². The number of rotatable bonds is 7. The van der Waals surface area contributed by atoms with Crippen molar-refractivity contribution in [3.63, 3.8) is 0 Å². The van der Waals surface area contributed by atoms with Crippen molar-refractivity contribution < 1.29 is 4.42 Å². The fourth-order valence-corrected chi connectivity index (χ4v) is 3.00. The molecule has 2 rings (SSSR count). The Balaban J connectivity index is 0.00000338. The van der Waals surface area contributed by atoms with Crippen LogP contribution in [0.15, 0.2) is 21.8 Å². The number of nitrogens with zero attached hydrogens (tertiary/aromatic N) is 3. The van der Waals surface area contributed by atoms with Gasteiger partial charge in [-0.2, -0.15) is 0 Å². The summed E-state index contributed by atoms with van der Waals surface area (Å²) in [5.41, 5.74) is -0.0389. The largest absolute Gasteiger partial charge is 0.443 e. The highest BCUT2D eigenvalue weighted by molar-refractivity contribution is 14.0. The van der Waals surface area contributed by atoms with Crippen LogP contribution in [0.2, 0.25) is 0 Å². The fraction of sp³-hybridized carbons (Fsp3) is 0.611. The van der Waals surface area contributed by atoms with Gasteiger partial charge in [0.05, 0.1) is 11.2 Å². The summed E-state index contributed by atoms with van der Waals surface area (Å²) in [6.07, 6.45) is 5.69. The van der Waals surface area contributed by atoms with Gasteiger partial charge in [0.25, 0.3) is 0 Å². The lowest BCUT2D eigenvalue weighted by Crippen LogP contribution is -2.38. The SMILES string of the molecule is CCNC(=NCc1ncc(C(C)(C)C)o1)NCCc1ncc(CC)s1.I. The normalized spacial score (nSPS) is 12.0. The first kappa shape index (κ1) is 22.9. The van der Waals surface area contributed by atoms with Gasteiger partial charge in [-0.15, -0.1) is 35.3 Å². The second-order valence-corrected chi connectivity index (χ2v) is 8.01. The Kier molecular flexibility index (Phi) is 9.56. The van der Waals surface area contributed by atoms with Crippen LogP contribution >= 0.6 is 35.3 Å². The third-order valence-corrected chi connectivity index (χ3v) is 4.79. The molecular formula is C18H30IN5OS. The summed E-state index contributed by atoms with van der Waals surface area (Å²) in [5, 5.41) is 7.74. The molecule has 2 aromatic heterocycles. The van der Waals surface area contributed by atoms with Crippen LogP contribution in [-0.4, -0.2) is 29.0 Å². The van der Waals surface area contributed by atoms with Crippen molar-refractivity contribution in [1.82, 2.24) is 20.6 Å². The van der Waals surface area contributed by atoms with Gasteiger partial charge >= 0.3 is 0 Å². The molecule has 26 heavy (non-hydrogen) atoms. The summed E-state index contributed by atoms with van der Waals surface area (Å²) in [4.78, 5) is 14.6. The molecule has 2 N–H and O–H groups in total. The molecule has 0 unspecified atom stereocenters. The number of guanidine groups is 1. The molecule has 0 saturated carbocycles. The Morgan fingerprint density at radius 2 is 1.96 bits per heavy atom. The van der Waals surface area contributed by atoms with Crippen LogP contribution in [0.4, 0.5) is 0 Å². The van der Waals surface area contributed by atoms with Gasteiger partial charge in [-0.05, 0) is 13.3 Å². The predicted molar refractivity (Wildman–Crippen MR) is 119 cm³/mol. The highest BCUT2D eigenvalue weighted by atomic mass is 127. The number of nitrogens with one attached hydrogen (secondary N) is 2. The van der Waals surface area contributed by atoms with Crippen molar-refractivity contribution in [2.24, 2.45) is 4.99 Å². The first-order valence-electron chi connectivity index (χ1n) is 8.83. The van der Waals surface area contributed by atoms with Gasteiger partial charge < -0.3 is 15.1 Å². The van der Waals surface area contributed by atoms with Crippen molar-refractivity contribution in [1.29, 1.82) is 0 Å². The lowest BCUT2D eigenvalue weighted by molar-refractivity contribution is 0.383. The van der Waals surface area contributed by atoms with E-state index in [1.807, 2.05) is 6.20 Å². The molecule has 6 nitrogen and oxygen atoms in total. The second-order valence-electron chi connectivity index (χ2n) is 6.81. The van der Waals surface area contributed by atoms with Gasteiger partial charge in [-0.1, -0.05) is 27.7 Å². The molecule has 0 spiro atoms. The van der Waals surface area contributed by atoms with Gasteiger partial charge in [0.1, 0.15) is 12.3 Å². The van der Waals surface area contributed by atoms with Crippen molar-refractivity contribution >= 4 is 41.3 Å². The van der Waals surface area contributed by atoms with Gasteiger partial charge in [0.2, 0.25) is 5.89 Å². The van der Waals surface area contributed by atoms with Crippen molar-refractivity contribution in [2.75, 3.05) is 13.1 Å². The first-order valence-corrected chi connectivity index (χ1v) is 9.65. The molecule has 0 aliphatic rings. The number of hydrogen-bond donors (Lipinski definition) is 2. The molecule has 0 saturated heterocycles. The topological polar surface area (TPSA) is 75.3 Å². The maximum absolute atomic E-state index is 5.78. The van der Waals surface area contributed by atoms with E-state index in [1.165, 1.54) is 4.88 Å². The predicted octanol–water partition coefficient (Wildman–Crippen LogP) is 3.91. The summed E-state index contributed by atoms with van der Waals surface area (Å²) in [7, 11) is 0. The lowest BCUT2D eigenvalue weighted by Gasteiger charge is -2.13. The molecule has 2 heterocycles. The van der Waals surface area contributed by atoms with E-state index in [0.717, 1.165) is 42.7 Å². The van der Waals surface area contributed by atoms with E-state index in [1.54, 1.807) is 17.5 Å². The Labute approximate surface area is 177 Å². The zero-order valence-corrected chi connectivity index (χ0v) is 19.4. The molecule has 0 bridgehead atoms. The Hall–Kier alpha value is -1.16. The number of aryl methyl sites for hydroxylation is 1. The minimum atomic E-state index is -0.0389. The zero-order chi connectivity index (χ0) is 18.3. The lowest BCUT2D eigenvalue weighted by atomic mass is 9.94. The number of thiazole rings is 1. The van der Waals surface area contributed by atoms with Crippen LogP contribution in [0.25, 0.3) is 0 Å². The number of hydrogen-bond acceptors (Lipinski definition) is 5. The van der Waals surface area contributed by atoms with Crippen LogP contribution in [0.3, 0.4) is 0 Å². The van der Waals surface area contributed by atoms with E-state index in [-0.39, 0.29) is 29.4 Å². The molecule has 0 fully saturated rings. The Morgan fingerprint density at radius 3 is 2.54 bits per heavy atom. The third-order valence-electron chi connectivity index (χ3n) is 3.59. The summed E-state index contributed by atoms with van der Waals surface area (Å²) >= 11 is 1.78. The summed E-state index contributed by atoms with van der Waals surface area (Å²) in [6, 6.07) is 0. The van der Waals surface area contributed by atoms with Gasteiger partial charge in [0, 0.05) is 36.0 Å². The molecule has 0 radical (unpaired) electrons. The van der Waals surface area contributed by atoms with Gasteiger partial charge in [-0.25, -0.2) is 15.0 Å². The Morgan fingerprint density at radius 1 is 1.19 bits per heavy atom. The molecular weight excluding hydrogens is 461 g/mol. The molecule has 0 atom stereocenters. The smallest absolute Gasteiger partial charge is 0.216 e. The van der Waals surface area contributed by atoms with E-state index in [0.29, 0.717) is 12.4 Å². The molecule has 8 heteroatoms. The number of aliphatic imine (C=N–C) groups is 1. The maximum atomic E-state index is 5.78. The highest BCUT2D eigenvalue weighted by Gasteiger charge is 2.19. The van der Waals surface area contributed by atoms with Gasteiger partial charge in [-0.3, -0.25) is 0 Å². The van der Waals surface area contributed by atoms with E-state index < -0.39 is 0 Å². The maximum Gasteiger partial charge on any atom is 0.216 e. The first-order chi connectivity index (χ1) is 11.9. The summed E-state index contributed by atoms with van der Waals surface area (Å²) in [5.74, 6) is 2.28. The highest BCUT2D eigenvalue weighted by Crippen LogP contribution is 2.22. The van der Waals surface area contributed by atoms with Crippen molar-refractivity contribution in [3.05, 3.63) is 33.9 Å². The van der Waals surface area contributed by atoms with Crippen LogP contribution in [0.1, 0.15) is 56.2 Å². The van der Waals surface area contributed by atoms with Crippen LogP contribution in [0.5, 0.6) is 0 Å². The third kappa shape index (κ3) is 7.22. The van der Waals surface area contributed by atoms with E-state index >= 15 is 0 Å². The zero-order valence-electron chi connectivity index (χ0n) is 16.3. The van der Waals surface area contributed by atoms with Crippen molar-refractivity contribution in [2.45, 2.75) is 59.4 Å². The standard InChI is InChI=1S/C18H29N5OS.HI/c1-6-13-10-22-16(25-13)8-9-20-17(19-7-2)23-12-15-21-11-14(24-15)18(3,4)5;/h10-11H,6-9,12H2,1-5H3,(H2,19,20,23);1H. The molecule has 0 aliphatic carbocycles. The van der Waals surface area contributed by atoms with Crippen molar-refractivity contribution in [3.8, 4) is 0 Å². The molecule has 0 aromatic carbocycles. The molecule has 2 aromatic rings. The quantitative estimate of drug-likeness (QED) is 0.349. The van der Waals surface area contributed by atoms with Crippen LogP contribution in [-0.2, 0) is 24.8 Å². The Bertz CT molecular complexity index is 690. The minimum absolute atomic E-state index is 0. The molecule has 0 aliphatic heterocycles. The number of halogens is 1. The fourth-order valence-electron chi connectivity index (χ4n) is 2.13.